The third kappa shape index (κ3) is 24.2. The number of hydrogen-bond donors (Lipinski definition) is 5. The summed E-state index contributed by atoms with van der Waals surface area (Å²) in [4.78, 5) is 25.4. The molecule has 7 heteroatoms. The Balaban J connectivity index is 2.25. The molecule has 0 bridgehead atoms. The van der Waals surface area contributed by atoms with E-state index in [4.69, 9.17) is 0 Å². The van der Waals surface area contributed by atoms with E-state index in [1.54, 1.807) is 12.1 Å². The van der Waals surface area contributed by atoms with Crippen molar-refractivity contribution in [3.05, 3.63) is 42.5 Å². The minimum Gasteiger partial charge on any atom is -0.506 e. The van der Waals surface area contributed by atoms with Gasteiger partial charge in [-0.1, -0.05) is 147 Å². The predicted molar refractivity (Wildman–Crippen MR) is 207 cm³/mol. The average Bonchev–Trinajstić information content (AvgIpc) is 3.09. The van der Waals surface area contributed by atoms with Gasteiger partial charge in [-0.25, -0.2) is 0 Å². The number of aromatic hydroxyl groups is 1. The van der Waals surface area contributed by atoms with E-state index in [1.165, 1.54) is 83.1 Å². The molecule has 2 unspecified atom stereocenters. The first-order valence-corrected chi connectivity index (χ1v) is 20.0. The molecule has 0 saturated carbocycles. The monoisotopic (exact) mass is 685 g/mol. The van der Waals surface area contributed by atoms with Crippen LogP contribution in [-0.2, 0) is 9.59 Å². The van der Waals surface area contributed by atoms with Crippen molar-refractivity contribution in [2.75, 3.05) is 10.6 Å². The maximum atomic E-state index is 12.7. The zero-order valence-corrected chi connectivity index (χ0v) is 31.2. The summed E-state index contributed by atoms with van der Waals surface area (Å²) in [6.45, 7) is 4.49. The van der Waals surface area contributed by atoms with Gasteiger partial charge in [0.05, 0.1) is 5.69 Å². The molecule has 7 nitrogen and oxygen atoms in total. The maximum Gasteiger partial charge on any atom is 0.253 e. The van der Waals surface area contributed by atoms with Crippen LogP contribution < -0.4 is 10.6 Å². The number of unbranched alkanes of at least 4 members (excludes halogenated alkanes) is 20. The van der Waals surface area contributed by atoms with Crippen LogP contribution in [0.2, 0.25) is 0 Å². The molecular formula is C42H72N2O5. The molecule has 280 valence electrons. The Morgan fingerprint density at radius 1 is 0.551 bits per heavy atom. The number of hydrogen-bond acceptors (Lipinski definition) is 5. The highest BCUT2D eigenvalue weighted by Gasteiger charge is 2.21. The lowest BCUT2D eigenvalue weighted by Crippen LogP contribution is -2.30. The number of nitrogens with one attached hydrogen (secondary N) is 2. The van der Waals surface area contributed by atoms with Crippen molar-refractivity contribution in [3.8, 4) is 5.75 Å². The number of amides is 2. The summed E-state index contributed by atoms with van der Waals surface area (Å²) in [5.74, 6) is -1.44. The Kier molecular flexibility index (Phi) is 28.4. The number of para-hydroxylation sites is 1. The summed E-state index contributed by atoms with van der Waals surface area (Å²) in [5, 5.41) is 36.5. The van der Waals surface area contributed by atoms with Crippen LogP contribution >= 0.6 is 0 Å². The molecule has 1 rings (SSSR count). The molecule has 5 N–H and O–H groups in total. The fourth-order valence-electron chi connectivity index (χ4n) is 5.92. The number of phenolic OH excluding ortho intramolecular Hbond substituents is 1. The third-order valence-corrected chi connectivity index (χ3v) is 9.13. The van der Waals surface area contributed by atoms with Crippen LogP contribution in [0.25, 0.3) is 0 Å². The highest BCUT2D eigenvalue weighted by atomic mass is 16.3. The summed E-state index contributed by atoms with van der Waals surface area (Å²) in [5.41, 5.74) is 0.200. The Hall–Kier alpha value is -2.64. The van der Waals surface area contributed by atoms with E-state index in [2.05, 4.69) is 48.8 Å². The van der Waals surface area contributed by atoms with E-state index >= 15 is 0 Å². The van der Waals surface area contributed by atoms with E-state index in [0.717, 1.165) is 77.0 Å². The van der Waals surface area contributed by atoms with Crippen molar-refractivity contribution in [1.29, 1.82) is 0 Å². The van der Waals surface area contributed by atoms with Crippen molar-refractivity contribution < 1.29 is 24.9 Å². The largest absolute Gasteiger partial charge is 0.506 e. The second-order valence-corrected chi connectivity index (χ2v) is 13.7. The molecule has 2 amide bonds. The summed E-state index contributed by atoms with van der Waals surface area (Å²) in [7, 11) is 0. The second kappa shape index (κ2) is 31.3. The first-order valence-electron chi connectivity index (χ1n) is 20.0. The van der Waals surface area contributed by atoms with Crippen molar-refractivity contribution >= 4 is 23.2 Å². The minimum atomic E-state index is -1.22. The van der Waals surface area contributed by atoms with Gasteiger partial charge in [-0.15, -0.1) is 0 Å². The average molecular weight is 685 g/mol. The summed E-state index contributed by atoms with van der Waals surface area (Å²) < 4.78 is 0. The van der Waals surface area contributed by atoms with Crippen LogP contribution in [0.4, 0.5) is 11.4 Å². The summed E-state index contributed by atoms with van der Waals surface area (Å²) in [6, 6.07) is 4.50. The van der Waals surface area contributed by atoms with Gasteiger partial charge in [-0.2, -0.15) is 0 Å². The minimum absolute atomic E-state index is 0.0180. The number of aliphatic hydroxyl groups is 2. The highest BCUT2D eigenvalue weighted by molar-refractivity contribution is 6.03. The number of phenols is 1. The van der Waals surface area contributed by atoms with Crippen LogP contribution in [-0.4, -0.2) is 39.3 Å². The number of rotatable bonds is 32. The lowest BCUT2D eigenvalue weighted by Gasteiger charge is -2.17. The van der Waals surface area contributed by atoms with Crippen molar-refractivity contribution in [3.63, 3.8) is 0 Å². The second-order valence-electron chi connectivity index (χ2n) is 13.7. The van der Waals surface area contributed by atoms with Gasteiger partial charge in [-0.05, 0) is 76.3 Å². The number of carbonyl (C=O) groups is 2. The van der Waals surface area contributed by atoms with Gasteiger partial charge in [-0.3, -0.25) is 9.59 Å². The molecule has 0 aliphatic heterocycles. The Labute approximate surface area is 299 Å². The van der Waals surface area contributed by atoms with Gasteiger partial charge in [0.25, 0.3) is 11.8 Å². The summed E-state index contributed by atoms with van der Waals surface area (Å²) >= 11 is 0. The smallest absolute Gasteiger partial charge is 0.253 e. The molecule has 0 aliphatic rings. The fraction of sp³-hybridized carbons (Fsp3) is 0.714. The Morgan fingerprint density at radius 3 is 1.35 bits per heavy atom. The molecule has 0 saturated heterocycles. The number of aliphatic hydroxyl groups excluding tert-OH is 2. The molecule has 0 heterocycles. The van der Waals surface area contributed by atoms with Gasteiger partial charge in [0.2, 0.25) is 0 Å². The molecule has 0 spiro atoms. The lowest BCUT2D eigenvalue weighted by atomic mass is 10.1. The molecule has 0 radical (unpaired) electrons. The molecule has 0 aliphatic carbocycles. The van der Waals surface area contributed by atoms with Gasteiger partial charge >= 0.3 is 0 Å². The summed E-state index contributed by atoms with van der Waals surface area (Å²) in [6.07, 6.45) is 35.3. The molecule has 0 fully saturated rings. The number of anilines is 2. The normalized spacial score (nSPS) is 12.9. The fourth-order valence-corrected chi connectivity index (χ4v) is 5.92. The van der Waals surface area contributed by atoms with Gasteiger partial charge in [0.15, 0.2) is 0 Å². The standard InChI is InChI=1S/C42H72N2O5/c1-3-5-7-9-11-13-15-17-19-21-23-25-27-29-33-38(46)41(48)43-36-32-31-35-37(45)40(36)44-42(49)39(47)34-30-28-26-24-22-20-18-16-14-12-10-8-6-4-2/h17-20,31-32,35,38-39,45-47H,3-16,21-30,33-34H2,1-2H3,(H,43,48)(H,44,49)/b19-17?,20-18-. The zero-order valence-electron chi connectivity index (χ0n) is 31.2. The van der Waals surface area contributed by atoms with Crippen LogP contribution in [0.5, 0.6) is 5.75 Å². The van der Waals surface area contributed by atoms with Crippen molar-refractivity contribution in [1.82, 2.24) is 0 Å². The van der Waals surface area contributed by atoms with E-state index in [0.29, 0.717) is 12.8 Å². The van der Waals surface area contributed by atoms with Crippen LogP contribution in [0.3, 0.4) is 0 Å². The Bertz CT molecular complexity index is 1020. The van der Waals surface area contributed by atoms with Crippen LogP contribution in [0, 0.1) is 0 Å². The van der Waals surface area contributed by atoms with E-state index in [9.17, 15) is 24.9 Å². The first kappa shape index (κ1) is 44.4. The quantitative estimate of drug-likeness (QED) is 0.0294. The predicted octanol–water partition coefficient (Wildman–Crippen LogP) is 11.3. The van der Waals surface area contributed by atoms with Crippen LogP contribution in [0.1, 0.15) is 181 Å². The van der Waals surface area contributed by atoms with Crippen LogP contribution in [0.15, 0.2) is 42.5 Å². The van der Waals surface area contributed by atoms with Gasteiger partial charge in [0, 0.05) is 0 Å². The molecule has 1 aromatic carbocycles. The van der Waals surface area contributed by atoms with E-state index < -0.39 is 24.0 Å². The van der Waals surface area contributed by atoms with Crippen molar-refractivity contribution in [2.24, 2.45) is 0 Å². The first-order chi connectivity index (χ1) is 23.9. The van der Waals surface area contributed by atoms with Gasteiger partial charge < -0.3 is 26.0 Å². The zero-order chi connectivity index (χ0) is 35.8. The Morgan fingerprint density at radius 2 is 0.918 bits per heavy atom. The molecular weight excluding hydrogens is 612 g/mol. The van der Waals surface area contributed by atoms with E-state index in [1.807, 2.05) is 0 Å². The maximum absolute atomic E-state index is 12.7. The molecule has 0 aromatic heterocycles. The SMILES string of the molecule is CCCCCCCCC=CCCCCCCC(O)C(=O)Nc1cccc(O)c1NC(=O)C(O)CCCCCC/C=C\CCCCCCCC. The number of benzene rings is 1. The third-order valence-electron chi connectivity index (χ3n) is 9.13. The van der Waals surface area contributed by atoms with E-state index in [-0.39, 0.29) is 17.1 Å². The lowest BCUT2D eigenvalue weighted by molar-refractivity contribution is -0.125. The molecule has 2 atom stereocenters. The molecule has 49 heavy (non-hydrogen) atoms. The topological polar surface area (TPSA) is 119 Å². The number of carbonyl (C=O) groups excluding carboxylic acids is 2. The van der Waals surface area contributed by atoms with Gasteiger partial charge in [0.1, 0.15) is 23.6 Å². The molecule has 1 aromatic rings. The number of allylic oxidation sites excluding steroid dienone is 4. The van der Waals surface area contributed by atoms with Crippen molar-refractivity contribution in [2.45, 2.75) is 193 Å². The highest BCUT2D eigenvalue weighted by Crippen LogP contribution is 2.32.